The second kappa shape index (κ2) is 11.2. The summed E-state index contributed by atoms with van der Waals surface area (Å²) in [5.41, 5.74) is 4.94. The predicted molar refractivity (Wildman–Crippen MR) is 161 cm³/mol. The van der Waals surface area contributed by atoms with E-state index in [9.17, 15) is 4.79 Å². The third-order valence-electron chi connectivity index (χ3n) is 5.64. The van der Waals surface area contributed by atoms with Gasteiger partial charge in [-0.2, -0.15) is 5.10 Å². The standard InChI is InChI=1S/C28H19Br2IN2O4/c1-35-24-10-16(14-32-33-28(34)25-12-19-11-20(29)13-22(30)26(19)37-25)9-23(31)27(24)36-15-18-7-4-6-17-5-2-3-8-21(17)18/h2-14H,15H2,1H3,(H,33,34)/b32-14-. The van der Waals surface area contributed by atoms with E-state index >= 15 is 0 Å². The van der Waals surface area contributed by atoms with E-state index in [2.05, 4.69) is 89.2 Å². The third kappa shape index (κ3) is 5.68. The van der Waals surface area contributed by atoms with E-state index < -0.39 is 5.91 Å². The minimum atomic E-state index is -0.452. The molecule has 1 amide bonds. The fourth-order valence-electron chi connectivity index (χ4n) is 3.93. The molecule has 0 fully saturated rings. The van der Waals surface area contributed by atoms with Crippen molar-refractivity contribution >= 4 is 88.3 Å². The number of methoxy groups -OCH3 is 1. The van der Waals surface area contributed by atoms with Gasteiger partial charge in [0.15, 0.2) is 17.3 Å². The molecule has 5 aromatic rings. The minimum absolute atomic E-state index is 0.162. The number of hydrazone groups is 1. The SMILES string of the molecule is COc1cc(/C=N\NC(=O)c2cc3cc(Br)cc(Br)c3o2)cc(I)c1OCc1cccc2ccccc12. The van der Waals surface area contributed by atoms with Gasteiger partial charge in [-0.25, -0.2) is 5.43 Å². The number of hydrogen-bond donors (Lipinski definition) is 1. The van der Waals surface area contributed by atoms with E-state index in [0.29, 0.717) is 23.7 Å². The molecular weight excluding hydrogens is 715 g/mol. The number of nitrogens with one attached hydrogen (secondary N) is 1. The van der Waals surface area contributed by atoms with E-state index in [-0.39, 0.29) is 5.76 Å². The smallest absolute Gasteiger partial charge is 0.307 e. The maximum absolute atomic E-state index is 12.6. The summed E-state index contributed by atoms with van der Waals surface area (Å²) < 4.78 is 20.0. The highest BCUT2D eigenvalue weighted by molar-refractivity contribution is 14.1. The van der Waals surface area contributed by atoms with E-state index in [1.54, 1.807) is 19.4 Å². The molecule has 0 unspecified atom stereocenters. The molecule has 0 aliphatic rings. The number of ether oxygens (including phenoxy) is 2. The normalized spacial score (nSPS) is 11.4. The van der Waals surface area contributed by atoms with Gasteiger partial charge in [-0.3, -0.25) is 4.79 Å². The maximum Gasteiger partial charge on any atom is 0.307 e. The summed E-state index contributed by atoms with van der Waals surface area (Å²) in [4.78, 5) is 12.6. The third-order valence-corrected chi connectivity index (χ3v) is 7.49. The Balaban J connectivity index is 1.30. The highest BCUT2D eigenvalue weighted by Gasteiger charge is 2.15. The highest BCUT2D eigenvalue weighted by atomic mass is 127. The molecule has 0 aliphatic carbocycles. The Labute approximate surface area is 243 Å². The topological polar surface area (TPSA) is 73.1 Å². The number of fused-ring (bicyclic) bond motifs is 2. The lowest BCUT2D eigenvalue weighted by molar-refractivity contribution is 0.0929. The fraction of sp³-hybridized carbons (Fsp3) is 0.0714. The monoisotopic (exact) mass is 732 g/mol. The highest BCUT2D eigenvalue weighted by Crippen LogP contribution is 2.35. The van der Waals surface area contributed by atoms with Crippen molar-refractivity contribution < 1.29 is 18.7 Å². The van der Waals surface area contributed by atoms with Gasteiger partial charge in [0.05, 0.1) is 21.4 Å². The first kappa shape index (κ1) is 25.7. The Morgan fingerprint density at radius 3 is 2.70 bits per heavy atom. The molecule has 37 heavy (non-hydrogen) atoms. The number of rotatable bonds is 7. The summed E-state index contributed by atoms with van der Waals surface area (Å²) in [5, 5.41) is 7.22. The Hall–Kier alpha value is -2.89. The van der Waals surface area contributed by atoms with Crippen LogP contribution in [0.1, 0.15) is 21.7 Å². The Bertz CT molecular complexity index is 1660. The van der Waals surface area contributed by atoms with Gasteiger partial charge in [-0.05, 0) is 90.8 Å². The number of halogens is 3. The van der Waals surface area contributed by atoms with Crippen LogP contribution in [0, 0.1) is 3.57 Å². The number of carbonyl (C=O) groups excluding carboxylic acids is 1. The summed E-state index contributed by atoms with van der Waals surface area (Å²) in [6.07, 6.45) is 1.55. The molecule has 1 heterocycles. The number of carbonyl (C=O) groups is 1. The van der Waals surface area contributed by atoms with Gasteiger partial charge in [-0.1, -0.05) is 58.4 Å². The quantitative estimate of drug-likeness (QED) is 0.104. The van der Waals surface area contributed by atoms with Gasteiger partial charge in [0.1, 0.15) is 12.2 Å². The van der Waals surface area contributed by atoms with Crippen LogP contribution in [0.4, 0.5) is 0 Å². The van der Waals surface area contributed by atoms with Crippen molar-refractivity contribution in [3.8, 4) is 11.5 Å². The summed E-state index contributed by atoms with van der Waals surface area (Å²) in [6.45, 7) is 0.404. The molecule has 5 rings (SSSR count). The number of benzene rings is 4. The van der Waals surface area contributed by atoms with Crippen molar-refractivity contribution in [3.63, 3.8) is 0 Å². The van der Waals surface area contributed by atoms with Crippen LogP contribution in [-0.2, 0) is 6.61 Å². The van der Waals surface area contributed by atoms with Gasteiger partial charge in [-0.15, -0.1) is 0 Å². The van der Waals surface area contributed by atoms with Gasteiger partial charge < -0.3 is 13.9 Å². The van der Waals surface area contributed by atoms with Gasteiger partial charge in [0, 0.05) is 9.86 Å². The van der Waals surface area contributed by atoms with Crippen LogP contribution in [0.2, 0.25) is 0 Å². The lowest BCUT2D eigenvalue weighted by Gasteiger charge is -2.14. The number of furan rings is 1. The van der Waals surface area contributed by atoms with Crippen LogP contribution in [0.3, 0.4) is 0 Å². The van der Waals surface area contributed by atoms with E-state index in [4.69, 9.17) is 13.9 Å². The molecule has 4 aromatic carbocycles. The predicted octanol–water partition coefficient (Wildman–Crippen LogP) is 8.07. The average Bonchev–Trinajstić information content (AvgIpc) is 3.32. The lowest BCUT2D eigenvalue weighted by atomic mass is 10.1. The molecule has 1 aromatic heterocycles. The van der Waals surface area contributed by atoms with Crippen LogP contribution in [0.15, 0.2) is 91.3 Å². The van der Waals surface area contributed by atoms with E-state index in [1.165, 1.54) is 5.39 Å². The molecule has 0 saturated carbocycles. The first-order valence-electron chi connectivity index (χ1n) is 11.1. The van der Waals surface area contributed by atoms with Crippen molar-refractivity contribution in [2.24, 2.45) is 5.10 Å². The Morgan fingerprint density at radius 1 is 1.05 bits per heavy atom. The number of amides is 1. The molecule has 0 aliphatic heterocycles. The summed E-state index contributed by atoms with van der Waals surface area (Å²) in [5.74, 6) is 0.936. The Kier molecular flexibility index (Phi) is 7.82. The van der Waals surface area contributed by atoms with Crippen LogP contribution >= 0.6 is 54.5 Å². The molecular formula is C28H19Br2IN2O4. The second-order valence-electron chi connectivity index (χ2n) is 8.08. The molecule has 1 N–H and O–H groups in total. The molecule has 6 nitrogen and oxygen atoms in total. The average molecular weight is 734 g/mol. The van der Waals surface area contributed by atoms with Crippen LogP contribution < -0.4 is 14.9 Å². The van der Waals surface area contributed by atoms with Crippen LogP contribution in [0.5, 0.6) is 11.5 Å². The Morgan fingerprint density at radius 2 is 1.86 bits per heavy atom. The van der Waals surface area contributed by atoms with Crippen LogP contribution in [0.25, 0.3) is 21.7 Å². The van der Waals surface area contributed by atoms with Gasteiger partial charge in [0.2, 0.25) is 0 Å². The summed E-state index contributed by atoms with van der Waals surface area (Å²) >= 11 is 9.09. The van der Waals surface area contributed by atoms with Crippen molar-refractivity contribution in [2.75, 3.05) is 7.11 Å². The maximum atomic E-state index is 12.6. The summed E-state index contributed by atoms with van der Waals surface area (Å²) in [6, 6.07) is 23.5. The lowest BCUT2D eigenvalue weighted by Crippen LogP contribution is -2.16. The first-order valence-corrected chi connectivity index (χ1v) is 13.8. The molecule has 9 heteroatoms. The molecule has 0 atom stereocenters. The second-order valence-corrected chi connectivity index (χ2v) is 11.0. The number of hydrogen-bond acceptors (Lipinski definition) is 5. The van der Waals surface area contributed by atoms with Crippen molar-refractivity contribution in [2.45, 2.75) is 6.61 Å². The van der Waals surface area contributed by atoms with Crippen molar-refractivity contribution in [3.05, 3.63) is 102 Å². The molecule has 0 radical (unpaired) electrons. The van der Waals surface area contributed by atoms with Gasteiger partial charge >= 0.3 is 5.91 Å². The molecule has 0 saturated heterocycles. The molecule has 0 spiro atoms. The van der Waals surface area contributed by atoms with E-state index in [1.807, 2.05) is 42.5 Å². The first-order chi connectivity index (χ1) is 17.9. The van der Waals surface area contributed by atoms with Crippen molar-refractivity contribution in [1.82, 2.24) is 5.43 Å². The zero-order valence-corrected chi connectivity index (χ0v) is 24.8. The van der Waals surface area contributed by atoms with Gasteiger partial charge in [0.25, 0.3) is 0 Å². The zero-order valence-electron chi connectivity index (χ0n) is 19.4. The largest absolute Gasteiger partial charge is 0.493 e. The van der Waals surface area contributed by atoms with Crippen LogP contribution in [-0.4, -0.2) is 19.2 Å². The fourth-order valence-corrected chi connectivity index (χ4v) is 6.05. The van der Waals surface area contributed by atoms with E-state index in [0.717, 1.165) is 34.4 Å². The molecule has 0 bridgehead atoms. The summed E-state index contributed by atoms with van der Waals surface area (Å²) in [7, 11) is 1.59. The van der Waals surface area contributed by atoms with Crippen molar-refractivity contribution in [1.29, 1.82) is 0 Å². The molecule has 186 valence electrons. The zero-order chi connectivity index (χ0) is 25.9. The minimum Gasteiger partial charge on any atom is -0.493 e. The number of nitrogens with zero attached hydrogens (tertiary/aromatic N) is 1.